The summed E-state index contributed by atoms with van der Waals surface area (Å²) in [4.78, 5) is 12.1. The highest BCUT2D eigenvalue weighted by Crippen LogP contribution is 2.26. The molecule has 126 valence electrons. The van der Waals surface area contributed by atoms with Crippen molar-refractivity contribution in [2.24, 2.45) is 0 Å². The summed E-state index contributed by atoms with van der Waals surface area (Å²) in [5.74, 6) is 1.80. The first kappa shape index (κ1) is 15.8. The van der Waals surface area contributed by atoms with Gasteiger partial charge in [-0.2, -0.15) is 0 Å². The predicted octanol–water partition coefficient (Wildman–Crippen LogP) is 3.61. The van der Waals surface area contributed by atoms with Crippen LogP contribution in [-0.2, 0) is 0 Å². The highest BCUT2D eigenvalue weighted by molar-refractivity contribution is 5.67. The van der Waals surface area contributed by atoms with Gasteiger partial charge in [0, 0.05) is 36.8 Å². The molecule has 0 radical (unpaired) electrons. The van der Waals surface area contributed by atoms with Crippen LogP contribution in [0, 0.1) is 0 Å². The molecule has 0 bridgehead atoms. The Morgan fingerprint density at radius 3 is 2.24 bits per heavy atom. The maximum absolute atomic E-state index is 4.88. The van der Waals surface area contributed by atoms with Crippen LogP contribution in [0.1, 0.15) is 6.42 Å². The van der Waals surface area contributed by atoms with Crippen molar-refractivity contribution in [3.05, 3.63) is 66.7 Å². The average Bonchev–Trinajstić information content (AvgIpc) is 2.99. The Morgan fingerprint density at radius 2 is 1.48 bits per heavy atom. The molecule has 2 heterocycles. The molecular weight excluding hydrogens is 308 g/mol. The number of hydrogen-bond acceptors (Lipinski definition) is 4. The maximum atomic E-state index is 4.88. The minimum atomic E-state index is 0.786. The first-order valence-corrected chi connectivity index (χ1v) is 8.86. The molecular formula is C21H22N4. The summed E-state index contributed by atoms with van der Waals surface area (Å²) in [5, 5.41) is 3.45. The Balaban J connectivity index is 1.80. The molecule has 1 N–H and O–H groups in total. The summed E-state index contributed by atoms with van der Waals surface area (Å²) in [7, 11) is 0. The zero-order chi connectivity index (χ0) is 16.9. The average molecular weight is 330 g/mol. The molecule has 0 amide bonds. The third kappa shape index (κ3) is 3.69. The number of nitrogens with one attached hydrogen (secondary N) is 1. The molecule has 1 aliphatic heterocycles. The molecule has 0 saturated carbocycles. The van der Waals surface area contributed by atoms with Gasteiger partial charge in [-0.15, -0.1) is 0 Å². The van der Waals surface area contributed by atoms with Crippen LogP contribution in [0.5, 0.6) is 0 Å². The van der Waals surface area contributed by atoms with E-state index in [0.29, 0.717) is 0 Å². The molecule has 0 unspecified atom stereocenters. The lowest BCUT2D eigenvalue weighted by molar-refractivity contribution is 0.724. The quantitative estimate of drug-likeness (QED) is 0.796. The van der Waals surface area contributed by atoms with Gasteiger partial charge in [-0.3, -0.25) is 0 Å². The van der Waals surface area contributed by atoms with Gasteiger partial charge in [0.25, 0.3) is 0 Å². The van der Waals surface area contributed by atoms with E-state index in [2.05, 4.69) is 52.7 Å². The van der Waals surface area contributed by atoms with Crippen molar-refractivity contribution in [1.82, 2.24) is 15.3 Å². The molecule has 2 aromatic carbocycles. The van der Waals surface area contributed by atoms with Crippen LogP contribution in [0.25, 0.3) is 22.6 Å². The van der Waals surface area contributed by atoms with Crippen molar-refractivity contribution in [3.63, 3.8) is 0 Å². The summed E-state index contributed by atoms with van der Waals surface area (Å²) < 4.78 is 0. The topological polar surface area (TPSA) is 41.0 Å². The highest BCUT2D eigenvalue weighted by Gasteiger charge is 2.15. The minimum Gasteiger partial charge on any atom is -0.355 e. The molecule has 0 atom stereocenters. The second kappa shape index (κ2) is 7.45. The number of hydrogen-bond donors (Lipinski definition) is 1. The number of rotatable bonds is 3. The Kier molecular flexibility index (Phi) is 4.70. The summed E-state index contributed by atoms with van der Waals surface area (Å²) in [6.45, 7) is 4.05. The van der Waals surface area contributed by atoms with Gasteiger partial charge in [0.1, 0.15) is 5.82 Å². The monoisotopic (exact) mass is 330 g/mol. The Morgan fingerprint density at radius 1 is 0.760 bits per heavy atom. The van der Waals surface area contributed by atoms with Gasteiger partial charge in [0.05, 0.1) is 5.69 Å². The van der Waals surface area contributed by atoms with Gasteiger partial charge >= 0.3 is 0 Å². The molecule has 4 heteroatoms. The van der Waals surface area contributed by atoms with Gasteiger partial charge < -0.3 is 10.2 Å². The standard InChI is InChI=1S/C21H22N4/c1-3-8-17(9-4-1)19-16-20(25-14-7-12-22-13-15-25)24-21(23-19)18-10-5-2-6-11-18/h1-6,8-11,16,22H,7,12-15H2. The fourth-order valence-electron chi connectivity index (χ4n) is 3.14. The van der Waals surface area contributed by atoms with E-state index in [0.717, 1.165) is 61.1 Å². The molecule has 25 heavy (non-hydrogen) atoms. The molecule has 4 rings (SSSR count). The van der Waals surface area contributed by atoms with Crippen molar-refractivity contribution < 1.29 is 0 Å². The predicted molar refractivity (Wildman–Crippen MR) is 103 cm³/mol. The van der Waals surface area contributed by atoms with E-state index in [-0.39, 0.29) is 0 Å². The van der Waals surface area contributed by atoms with Crippen LogP contribution in [0.15, 0.2) is 66.7 Å². The molecule has 1 fully saturated rings. The van der Waals surface area contributed by atoms with E-state index in [9.17, 15) is 0 Å². The van der Waals surface area contributed by atoms with Crippen LogP contribution in [-0.4, -0.2) is 36.1 Å². The van der Waals surface area contributed by atoms with Gasteiger partial charge in [-0.05, 0) is 13.0 Å². The number of benzene rings is 2. The molecule has 0 spiro atoms. The highest BCUT2D eigenvalue weighted by atomic mass is 15.2. The summed E-state index contributed by atoms with van der Waals surface area (Å²) >= 11 is 0. The van der Waals surface area contributed by atoms with Gasteiger partial charge in [-0.25, -0.2) is 9.97 Å². The van der Waals surface area contributed by atoms with E-state index < -0.39 is 0 Å². The lowest BCUT2D eigenvalue weighted by Gasteiger charge is -2.22. The molecule has 3 aromatic rings. The van der Waals surface area contributed by atoms with Crippen molar-refractivity contribution in [1.29, 1.82) is 0 Å². The summed E-state index contributed by atoms with van der Waals surface area (Å²) in [5.41, 5.74) is 3.15. The number of nitrogens with zero attached hydrogens (tertiary/aromatic N) is 3. The van der Waals surface area contributed by atoms with Crippen molar-refractivity contribution in [2.75, 3.05) is 31.1 Å². The Labute approximate surface area is 148 Å². The zero-order valence-corrected chi connectivity index (χ0v) is 14.2. The molecule has 1 aliphatic rings. The third-order valence-electron chi connectivity index (χ3n) is 4.48. The smallest absolute Gasteiger partial charge is 0.162 e. The first-order valence-electron chi connectivity index (χ1n) is 8.86. The SMILES string of the molecule is c1ccc(-c2cc(N3CCCNCC3)nc(-c3ccccc3)n2)cc1. The van der Waals surface area contributed by atoms with Crippen LogP contribution < -0.4 is 10.2 Å². The van der Waals surface area contributed by atoms with Crippen LogP contribution in [0.3, 0.4) is 0 Å². The van der Waals surface area contributed by atoms with Gasteiger partial charge in [0.2, 0.25) is 0 Å². The van der Waals surface area contributed by atoms with Crippen LogP contribution in [0.2, 0.25) is 0 Å². The lowest BCUT2D eigenvalue weighted by Crippen LogP contribution is -2.28. The molecule has 1 aromatic heterocycles. The summed E-state index contributed by atoms with van der Waals surface area (Å²) in [6, 6.07) is 22.7. The second-order valence-corrected chi connectivity index (χ2v) is 6.26. The van der Waals surface area contributed by atoms with E-state index in [1.54, 1.807) is 0 Å². The molecule has 4 nitrogen and oxygen atoms in total. The molecule has 0 aliphatic carbocycles. The zero-order valence-electron chi connectivity index (χ0n) is 14.2. The fourth-order valence-corrected chi connectivity index (χ4v) is 3.14. The number of anilines is 1. The van der Waals surface area contributed by atoms with Crippen LogP contribution >= 0.6 is 0 Å². The Hall–Kier alpha value is -2.72. The van der Waals surface area contributed by atoms with Gasteiger partial charge in [0.15, 0.2) is 5.82 Å². The normalized spacial score (nSPS) is 15.0. The Bertz CT molecular complexity index is 752. The van der Waals surface area contributed by atoms with E-state index in [1.165, 1.54) is 0 Å². The fraction of sp³-hybridized carbons (Fsp3) is 0.238. The maximum Gasteiger partial charge on any atom is 0.162 e. The first-order chi connectivity index (χ1) is 12.4. The van der Waals surface area contributed by atoms with E-state index in [4.69, 9.17) is 9.97 Å². The number of aromatic nitrogens is 2. The lowest BCUT2D eigenvalue weighted by atomic mass is 10.1. The largest absolute Gasteiger partial charge is 0.355 e. The van der Waals surface area contributed by atoms with Crippen LogP contribution in [0.4, 0.5) is 5.82 Å². The van der Waals surface area contributed by atoms with Crippen molar-refractivity contribution >= 4 is 5.82 Å². The van der Waals surface area contributed by atoms with E-state index >= 15 is 0 Å². The second-order valence-electron chi connectivity index (χ2n) is 6.26. The van der Waals surface area contributed by atoms with Crippen molar-refractivity contribution in [3.8, 4) is 22.6 Å². The third-order valence-corrected chi connectivity index (χ3v) is 4.48. The van der Waals surface area contributed by atoms with Crippen molar-refractivity contribution in [2.45, 2.75) is 6.42 Å². The molecule has 1 saturated heterocycles. The minimum absolute atomic E-state index is 0.786. The van der Waals surface area contributed by atoms with Gasteiger partial charge in [-0.1, -0.05) is 60.7 Å². The van der Waals surface area contributed by atoms with E-state index in [1.807, 2.05) is 24.3 Å². The summed E-state index contributed by atoms with van der Waals surface area (Å²) in [6.07, 6.45) is 1.13.